The zero-order valence-electron chi connectivity index (χ0n) is 4.15. The van der Waals surface area contributed by atoms with Gasteiger partial charge in [-0.15, -0.1) is 0 Å². The molecule has 0 aliphatic carbocycles. The Morgan fingerprint density at radius 1 is 1.71 bits per heavy atom. The van der Waals surface area contributed by atoms with Gasteiger partial charge in [-0.25, -0.2) is 0 Å². The summed E-state index contributed by atoms with van der Waals surface area (Å²) < 4.78 is 1.47. The molecule has 36 valence electrons. The molecule has 0 radical (unpaired) electrons. The SMILES string of the molecule is CC1=[C-]C=C[AsH]1.[Zr]. The third-order valence-electron chi connectivity index (χ3n) is 0.683. The Morgan fingerprint density at radius 2 is 2.43 bits per heavy atom. The van der Waals surface area contributed by atoms with E-state index in [0.29, 0.717) is 0 Å². The molecule has 7 heavy (non-hydrogen) atoms. The molecule has 0 bridgehead atoms. The van der Waals surface area contributed by atoms with Crippen LogP contribution in [-0.4, -0.2) is 15.8 Å². The zero-order valence-corrected chi connectivity index (χ0v) is 8.71. The van der Waals surface area contributed by atoms with Crippen molar-refractivity contribution in [2.45, 2.75) is 6.92 Å². The van der Waals surface area contributed by atoms with Gasteiger partial charge in [-0.3, -0.25) is 0 Å². The molecular formula is C5H6AsZr-. The van der Waals surface area contributed by atoms with Gasteiger partial charge in [0.1, 0.15) is 0 Å². The van der Waals surface area contributed by atoms with Gasteiger partial charge >= 0.3 is 44.1 Å². The van der Waals surface area contributed by atoms with Crippen molar-refractivity contribution in [1.29, 1.82) is 0 Å². The molecule has 0 aromatic rings. The fourth-order valence-electron chi connectivity index (χ4n) is 0.375. The smallest absolute Gasteiger partial charge is 0 e. The summed E-state index contributed by atoms with van der Waals surface area (Å²) in [5, 5.41) is 0. The monoisotopic (exact) mass is 231 g/mol. The third kappa shape index (κ3) is 2.67. The standard InChI is InChI=1S/C5H6As.Zr/c1-5-3-2-4-6-5;/h2,4,6H,1H3;/q-1;. The summed E-state index contributed by atoms with van der Waals surface area (Å²) >= 11 is 0.194. The van der Waals surface area contributed by atoms with Gasteiger partial charge in [0.25, 0.3) is 0 Å². The molecule has 1 unspecified atom stereocenters. The molecular weight excluding hydrogens is 226 g/mol. The Morgan fingerprint density at radius 3 is 2.57 bits per heavy atom. The van der Waals surface area contributed by atoms with Gasteiger partial charge in [0.05, 0.1) is 0 Å². The van der Waals surface area contributed by atoms with Crippen LogP contribution in [-0.2, 0) is 26.2 Å². The van der Waals surface area contributed by atoms with E-state index in [1.165, 1.54) is 4.36 Å². The fourth-order valence-corrected chi connectivity index (χ4v) is 1.60. The van der Waals surface area contributed by atoms with Gasteiger partial charge in [-0.1, -0.05) is 0 Å². The minimum Gasteiger partial charge on any atom is 0 e. The van der Waals surface area contributed by atoms with Crippen molar-refractivity contribution in [3.05, 3.63) is 21.4 Å². The van der Waals surface area contributed by atoms with Crippen molar-refractivity contribution >= 4 is 15.8 Å². The zero-order chi connectivity index (χ0) is 4.41. The van der Waals surface area contributed by atoms with Crippen LogP contribution in [0.25, 0.3) is 0 Å². The van der Waals surface area contributed by atoms with Crippen LogP contribution in [0.15, 0.2) is 15.3 Å². The molecule has 0 saturated heterocycles. The Labute approximate surface area is 69.9 Å². The van der Waals surface area contributed by atoms with E-state index in [4.69, 9.17) is 0 Å². The molecule has 0 amide bonds. The van der Waals surface area contributed by atoms with Gasteiger partial charge in [-0.05, 0) is 0 Å². The van der Waals surface area contributed by atoms with E-state index < -0.39 is 0 Å². The number of hydrogen-bond donors (Lipinski definition) is 0. The average Bonchev–Trinajstić information content (AvgIpc) is 1.86. The molecule has 0 aromatic carbocycles. The largest absolute Gasteiger partial charge is 0 e. The maximum absolute atomic E-state index is 3.11. The molecule has 1 aliphatic rings. The summed E-state index contributed by atoms with van der Waals surface area (Å²) in [6.07, 6.45) is 5.13. The predicted molar refractivity (Wildman–Crippen MR) is 28.7 cm³/mol. The van der Waals surface area contributed by atoms with Crippen LogP contribution in [0.1, 0.15) is 6.92 Å². The van der Waals surface area contributed by atoms with E-state index in [2.05, 4.69) is 17.9 Å². The molecule has 0 fully saturated rings. The summed E-state index contributed by atoms with van der Waals surface area (Å²) in [6.45, 7) is 2.14. The minimum absolute atomic E-state index is 0. The van der Waals surface area contributed by atoms with Crippen molar-refractivity contribution in [3.63, 3.8) is 0 Å². The quantitative estimate of drug-likeness (QED) is 0.425. The molecule has 0 spiro atoms. The second-order valence-electron chi connectivity index (χ2n) is 1.25. The van der Waals surface area contributed by atoms with Gasteiger partial charge < -0.3 is 0 Å². The first-order valence-corrected chi connectivity index (χ1v) is 4.17. The topological polar surface area (TPSA) is 0 Å². The molecule has 0 saturated carbocycles. The predicted octanol–water partition coefficient (Wildman–Crippen LogP) is 0.655. The maximum atomic E-state index is 3.11. The van der Waals surface area contributed by atoms with Crippen LogP contribution in [0.4, 0.5) is 0 Å². The van der Waals surface area contributed by atoms with Crippen LogP contribution < -0.4 is 0 Å². The molecule has 1 rings (SSSR count). The van der Waals surface area contributed by atoms with Crippen molar-refractivity contribution in [2.24, 2.45) is 0 Å². The van der Waals surface area contributed by atoms with Crippen molar-refractivity contribution in [3.8, 4) is 0 Å². The molecule has 1 atom stereocenters. The van der Waals surface area contributed by atoms with E-state index in [1.54, 1.807) is 0 Å². The van der Waals surface area contributed by atoms with Gasteiger partial charge in [-0.2, -0.15) is 0 Å². The number of rotatable bonds is 0. The third-order valence-corrected chi connectivity index (χ3v) is 2.59. The van der Waals surface area contributed by atoms with E-state index >= 15 is 0 Å². The Hall–Kier alpha value is 0.922. The number of hydrogen-bond acceptors (Lipinski definition) is 0. The Kier molecular flexibility index (Phi) is 4.38. The second kappa shape index (κ2) is 3.87. The van der Waals surface area contributed by atoms with Crippen LogP contribution in [0.3, 0.4) is 0 Å². The normalized spacial score (nSPS) is 19.3. The second-order valence-corrected chi connectivity index (χ2v) is 4.13. The van der Waals surface area contributed by atoms with E-state index in [1.807, 2.05) is 6.08 Å². The van der Waals surface area contributed by atoms with E-state index in [9.17, 15) is 0 Å². The van der Waals surface area contributed by atoms with Gasteiger partial charge in [0.15, 0.2) is 0 Å². The molecule has 0 aromatic heterocycles. The summed E-state index contributed by atoms with van der Waals surface area (Å²) in [6, 6.07) is 0. The fraction of sp³-hybridized carbons (Fsp3) is 0.200. The van der Waals surface area contributed by atoms with Crippen molar-refractivity contribution in [1.82, 2.24) is 0 Å². The summed E-state index contributed by atoms with van der Waals surface area (Å²) in [4.78, 5) is 2.23. The first-order valence-electron chi connectivity index (χ1n) is 1.91. The van der Waals surface area contributed by atoms with Gasteiger partial charge in [0.2, 0.25) is 0 Å². The van der Waals surface area contributed by atoms with Crippen molar-refractivity contribution < 1.29 is 26.2 Å². The summed E-state index contributed by atoms with van der Waals surface area (Å²) in [5.74, 6) is 0. The van der Waals surface area contributed by atoms with Crippen LogP contribution in [0.5, 0.6) is 0 Å². The molecule has 1 heterocycles. The first kappa shape index (κ1) is 7.92. The van der Waals surface area contributed by atoms with Crippen LogP contribution >= 0.6 is 0 Å². The molecule has 0 nitrogen and oxygen atoms in total. The van der Waals surface area contributed by atoms with E-state index in [0.717, 1.165) is 0 Å². The minimum atomic E-state index is 0. The number of allylic oxidation sites excluding steroid dienone is 3. The average molecular weight is 232 g/mol. The molecule has 1 aliphatic heterocycles. The summed E-state index contributed by atoms with van der Waals surface area (Å²) in [5.41, 5.74) is 0. The molecule has 2 heteroatoms. The Balaban J connectivity index is 0.000000360. The van der Waals surface area contributed by atoms with Crippen molar-refractivity contribution in [2.75, 3.05) is 0 Å². The van der Waals surface area contributed by atoms with Crippen LogP contribution in [0.2, 0.25) is 0 Å². The molecule has 0 N–H and O–H groups in total. The van der Waals surface area contributed by atoms with E-state index in [-0.39, 0.29) is 42.0 Å². The summed E-state index contributed by atoms with van der Waals surface area (Å²) in [7, 11) is 0. The van der Waals surface area contributed by atoms with Gasteiger partial charge in [0, 0.05) is 26.2 Å². The Bertz CT molecular complexity index is 105. The first-order chi connectivity index (χ1) is 2.89. The van der Waals surface area contributed by atoms with Crippen LogP contribution in [0, 0.1) is 6.08 Å². The maximum Gasteiger partial charge on any atom is 0 e.